The average molecular weight is 396 g/mol. The number of likely N-dealkylation sites (tertiary alicyclic amines) is 1. The molecule has 29 heavy (non-hydrogen) atoms. The topological polar surface area (TPSA) is 97.3 Å². The van der Waals surface area contributed by atoms with E-state index in [0.29, 0.717) is 31.6 Å². The first-order valence-electron chi connectivity index (χ1n) is 9.90. The fourth-order valence-electron chi connectivity index (χ4n) is 3.94. The Morgan fingerprint density at radius 2 is 2.14 bits per heavy atom. The first-order chi connectivity index (χ1) is 14.0. The quantitative estimate of drug-likeness (QED) is 0.680. The van der Waals surface area contributed by atoms with Gasteiger partial charge in [-0.25, -0.2) is 4.68 Å². The highest BCUT2D eigenvalue weighted by Gasteiger charge is 2.29. The van der Waals surface area contributed by atoms with Gasteiger partial charge in [-0.2, -0.15) is 5.10 Å². The molecule has 1 N–H and O–H groups in total. The Bertz CT molecular complexity index is 1150. The molecule has 1 aliphatic heterocycles. The van der Waals surface area contributed by atoms with Crippen LogP contribution in [0.15, 0.2) is 29.2 Å². The van der Waals surface area contributed by atoms with Gasteiger partial charge >= 0.3 is 5.97 Å². The summed E-state index contributed by atoms with van der Waals surface area (Å²) >= 11 is 0. The Kier molecular flexibility index (Phi) is 5.08. The number of hydrogen-bond acceptors (Lipinski definition) is 5. The van der Waals surface area contributed by atoms with Crippen LogP contribution in [0.25, 0.3) is 21.8 Å². The minimum atomic E-state index is -0.330. The number of nitrogens with zero attached hydrogens (tertiary/aromatic N) is 3. The number of carbonyl (C=O) groups excluding carboxylic acids is 2. The van der Waals surface area contributed by atoms with Crippen LogP contribution in [0, 0.1) is 12.8 Å². The molecule has 1 saturated heterocycles. The van der Waals surface area contributed by atoms with Crippen molar-refractivity contribution < 1.29 is 14.3 Å². The molecule has 2 aromatic heterocycles. The zero-order valence-corrected chi connectivity index (χ0v) is 16.6. The van der Waals surface area contributed by atoms with Crippen LogP contribution >= 0.6 is 0 Å². The number of aromatic amines is 1. The molecule has 0 bridgehead atoms. The molecule has 1 aliphatic rings. The number of aryl methyl sites for hydroxylation is 1. The number of nitrogens with one attached hydrogen (secondary N) is 1. The van der Waals surface area contributed by atoms with Gasteiger partial charge in [0, 0.05) is 29.4 Å². The zero-order valence-electron chi connectivity index (χ0n) is 16.6. The lowest BCUT2D eigenvalue weighted by Crippen LogP contribution is -2.45. The molecule has 0 saturated carbocycles. The minimum absolute atomic E-state index is 0.154. The third-order valence-electron chi connectivity index (χ3n) is 5.45. The highest BCUT2D eigenvalue weighted by Crippen LogP contribution is 2.23. The van der Waals surface area contributed by atoms with Gasteiger partial charge in [0.25, 0.3) is 5.56 Å². The largest absolute Gasteiger partial charge is 0.466 e. The maximum Gasteiger partial charge on any atom is 0.310 e. The van der Waals surface area contributed by atoms with Gasteiger partial charge < -0.3 is 14.6 Å². The summed E-state index contributed by atoms with van der Waals surface area (Å²) in [5.74, 6) is -0.799. The third-order valence-corrected chi connectivity index (χ3v) is 5.45. The normalized spacial score (nSPS) is 17.0. The highest BCUT2D eigenvalue weighted by molar-refractivity contribution is 6.06. The van der Waals surface area contributed by atoms with Crippen molar-refractivity contribution in [3.8, 4) is 0 Å². The molecule has 1 aromatic carbocycles. The number of fused-ring (bicyclic) bond motifs is 3. The molecule has 0 radical (unpaired) electrons. The van der Waals surface area contributed by atoms with Gasteiger partial charge in [0.05, 0.1) is 18.7 Å². The standard InChI is InChI=1S/C21H24N4O4/c1-3-29-21(28)14-5-4-8-24(11-14)18(26)12-25-20(27)19-16(10-22-25)15-9-13(2)6-7-17(15)23-19/h6-7,9-10,14,23H,3-5,8,11-12H2,1-2H3. The van der Waals surface area contributed by atoms with Gasteiger partial charge in [0.15, 0.2) is 0 Å². The number of amides is 1. The lowest BCUT2D eigenvalue weighted by molar-refractivity contribution is -0.151. The fraction of sp³-hybridized carbons (Fsp3) is 0.429. The molecule has 0 spiro atoms. The molecule has 1 unspecified atom stereocenters. The molecule has 8 heteroatoms. The molecule has 8 nitrogen and oxygen atoms in total. The number of ether oxygens (including phenoxy) is 1. The van der Waals surface area contributed by atoms with Crippen molar-refractivity contribution in [2.24, 2.45) is 5.92 Å². The second kappa shape index (κ2) is 7.69. The van der Waals surface area contributed by atoms with Crippen LogP contribution in [0.2, 0.25) is 0 Å². The van der Waals surface area contributed by atoms with Gasteiger partial charge in [-0.3, -0.25) is 14.4 Å². The Balaban J connectivity index is 1.56. The molecule has 3 heterocycles. The van der Waals surface area contributed by atoms with Gasteiger partial charge in [-0.15, -0.1) is 0 Å². The highest BCUT2D eigenvalue weighted by atomic mass is 16.5. The van der Waals surface area contributed by atoms with E-state index in [1.165, 1.54) is 4.68 Å². The van der Waals surface area contributed by atoms with Crippen LogP contribution in [-0.2, 0) is 20.9 Å². The van der Waals surface area contributed by atoms with E-state index in [2.05, 4.69) is 10.1 Å². The van der Waals surface area contributed by atoms with Gasteiger partial charge in [-0.1, -0.05) is 11.6 Å². The smallest absolute Gasteiger partial charge is 0.310 e. The number of esters is 1. The summed E-state index contributed by atoms with van der Waals surface area (Å²) in [4.78, 5) is 42.4. The van der Waals surface area contributed by atoms with Crippen molar-refractivity contribution in [3.63, 3.8) is 0 Å². The Morgan fingerprint density at radius 3 is 2.93 bits per heavy atom. The fourth-order valence-corrected chi connectivity index (χ4v) is 3.94. The van der Waals surface area contributed by atoms with E-state index < -0.39 is 0 Å². The van der Waals surface area contributed by atoms with Gasteiger partial charge in [0.1, 0.15) is 12.1 Å². The summed E-state index contributed by atoms with van der Waals surface area (Å²) in [6.07, 6.45) is 3.07. The summed E-state index contributed by atoms with van der Waals surface area (Å²) in [7, 11) is 0. The van der Waals surface area contributed by atoms with Crippen molar-refractivity contribution in [1.29, 1.82) is 0 Å². The maximum absolute atomic E-state index is 12.9. The van der Waals surface area contributed by atoms with Crippen molar-refractivity contribution in [2.45, 2.75) is 33.2 Å². The number of benzene rings is 1. The van der Waals surface area contributed by atoms with Crippen LogP contribution in [0.5, 0.6) is 0 Å². The van der Waals surface area contributed by atoms with Crippen molar-refractivity contribution in [3.05, 3.63) is 40.3 Å². The van der Waals surface area contributed by atoms with E-state index in [9.17, 15) is 14.4 Å². The molecule has 1 fully saturated rings. The molecule has 0 aliphatic carbocycles. The first-order valence-corrected chi connectivity index (χ1v) is 9.90. The maximum atomic E-state index is 12.9. The Hall–Kier alpha value is -3.16. The zero-order chi connectivity index (χ0) is 20.5. The van der Waals surface area contributed by atoms with Gasteiger partial charge in [-0.05, 0) is 38.8 Å². The second-order valence-electron chi connectivity index (χ2n) is 7.50. The van der Waals surface area contributed by atoms with Gasteiger partial charge in [0.2, 0.25) is 5.91 Å². The third kappa shape index (κ3) is 3.62. The van der Waals surface area contributed by atoms with Crippen LogP contribution in [-0.4, -0.2) is 51.2 Å². The van der Waals surface area contributed by atoms with E-state index in [1.807, 2.05) is 25.1 Å². The van der Waals surface area contributed by atoms with Crippen LogP contribution in [0.3, 0.4) is 0 Å². The molecule has 4 rings (SSSR count). The molecule has 3 aromatic rings. The first kappa shape index (κ1) is 19.2. The average Bonchev–Trinajstić information content (AvgIpc) is 3.09. The Labute approximate surface area is 167 Å². The van der Waals surface area contributed by atoms with E-state index in [4.69, 9.17) is 4.74 Å². The molecular formula is C21H24N4O4. The number of aromatic nitrogens is 3. The number of H-pyrrole nitrogens is 1. The van der Waals surface area contributed by atoms with E-state index in [1.54, 1.807) is 18.0 Å². The summed E-state index contributed by atoms with van der Waals surface area (Å²) in [5.41, 5.74) is 2.07. The van der Waals surface area contributed by atoms with Crippen molar-refractivity contribution in [1.82, 2.24) is 19.7 Å². The predicted molar refractivity (Wildman–Crippen MR) is 109 cm³/mol. The number of rotatable bonds is 4. The lowest BCUT2D eigenvalue weighted by atomic mass is 9.98. The van der Waals surface area contributed by atoms with Crippen LogP contribution in [0.1, 0.15) is 25.3 Å². The van der Waals surface area contributed by atoms with E-state index >= 15 is 0 Å². The lowest BCUT2D eigenvalue weighted by Gasteiger charge is -2.31. The Morgan fingerprint density at radius 1 is 1.31 bits per heavy atom. The minimum Gasteiger partial charge on any atom is -0.466 e. The van der Waals surface area contributed by atoms with Crippen LogP contribution in [0.4, 0.5) is 0 Å². The number of hydrogen-bond donors (Lipinski definition) is 1. The summed E-state index contributed by atoms with van der Waals surface area (Å²) < 4.78 is 6.27. The SMILES string of the molecule is CCOC(=O)C1CCCN(C(=O)Cn2ncc3c([nH]c4ccc(C)cc43)c2=O)C1. The van der Waals surface area contributed by atoms with E-state index in [0.717, 1.165) is 28.3 Å². The van der Waals surface area contributed by atoms with Crippen molar-refractivity contribution >= 4 is 33.7 Å². The molecular weight excluding hydrogens is 372 g/mol. The monoisotopic (exact) mass is 396 g/mol. The molecule has 152 valence electrons. The summed E-state index contributed by atoms with van der Waals surface area (Å²) in [6.45, 7) is 4.82. The van der Waals surface area contributed by atoms with E-state index in [-0.39, 0.29) is 29.9 Å². The summed E-state index contributed by atoms with van der Waals surface area (Å²) in [5, 5.41) is 5.91. The predicted octanol–water partition coefficient (Wildman–Crippen LogP) is 1.99. The number of carbonyl (C=O) groups is 2. The second-order valence-corrected chi connectivity index (χ2v) is 7.50. The molecule has 1 atom stereocenters. The summed E-state index contributed by atoms with van der Waals surface area (Å²) in [6, 6.07) is 5.92. The number of piperidine rings is 1. The molecule has 1 amide bonds. The van der Waals surface area contributed by atoms with Crippen molar-refractivity contribution in [2.75, 3.05) is 19.7 Å². The van der Waals surface area contributed by atoms with Crippen LogP contribution < -0.4 is 5.56 Å².